The van der Waals surface area contributed by atoms with Crippen molar-refractivity contribution in [2.45, 2.75) is 31.2 Å². The van der Waals surface area contributed by atoms with Gasteiger partial charge in [0.1, 0.15) is 0 Å². The molecule has 0 radical (unpaired) electrons. The fraction of sp³-hybridized carbons (Fsp3) is 0.222. The fourth-order valence-electron chi connectivity index (χ4n) is 2.33. The molecule has 0 aliphatic rings. The van der Waals surface area contributed by atoms with Crippen molar-refractivity contribution in [2.24, 2.45) is 0 Å². The van der Waals surface area contributed by atoms with Gasteiger partial charge in [-0.25, -0.2) is 18.4 Å². The maximum absolute atomic E-state index is 12.7. The SMILES string of the molecule is CCC(C)Nc1nc2ccccc2nc1NS(=O)(=O)c1cccc(Cl)c1. The van der Waals surface area contributed by atoms with Gasteiger partial charge in [0.25, 0.3) is 10.0 Å². The van der Waals surface area contributed by atoms with E-state index in [9.17, 15) is 8.42 Å². The highest BCUT2D eigenvalue weighted by Gasteiger charge is 2.19. The molecule has 0 amide bonds. The van der Waals surface area contributed by atoms with Gasteiger partial charge in [-0.2, -0.15) is 0 Å². The van der Waals surface area contributed by atoms with E-state index in [2.05, 4.69) is 20.0 Å². The summed E-state index contributed by atoms with van der Waals surface area (Å²) in [7, 11) is -3.85. The zero-order valence-electron chi connectivity index (χ0n) is 14.4. The van der Waals surface area contributed by atoms with Crippen LogP contribution in [0.3, 0.4) is 0 Å². The lowest BCUT2D eigenvalue weighted by atomic mass is 10.2. The lowest BCUT2D eigenvalue weighted by Gasteiger charge is -2.17. The summed E-state index contributed by atoms with van der Waals surface area (Å²) in [4.78, 5) is 9.04. The number of para-hydroxylation sites is 2. The Morgan fingerprint density at radius 2 is 1.69 bits per heavy atom. The van der Waals surface area contributed by atoms with E-state index >= 15 is 0 Å². The summed E-state index contributed by atoms with van der Waals surface area (Å²) in [6.07, 6.45) is 0.856. The van der Waals surface area contributed by atoms with Crippen LogP contribution in [0.4, 0.5) is 11.6 Å². The number of anilines is 2. The van der Waals surface area contributed by atoms with Gasteiger partial charge in [0.15, 0.2) is 11.6 Å². The van der Waals surface area contributed by atoms with Crippen LogP contribution in [0.2, 0.25) is 5.02 Å². The topological polar surface area (TPSA) is 84.0 Å². The normalized spacial score (nSPS) is 12.7. The Bertz CT molecular complexity index is 1040. The van der Waals surface area contributed by atoms with Crippen molar-refractivity contribution >= 4 is 44.3 Å². The van der Waals surface area contributed by atoms with E-state index in [1.807, 2.05) is 32.0 Å². The molecule has 6 nitrogen and oxygen atoms in total. The molecular weight excluding hydrogens is 372 g/mol. The Kier molecular flexibility index (Phi) is 5.29. The summed E-state index contributed by atoms with van der Waals surface area (Å²) in [5.74, 6) is 0.549. The number of benzene rings is 2. The Morgan fingerprint density at radius 1 is 1.04 bits per heavy atom. The molecule has 0 spiro atoms. The maximum Gasteiger partial charge on any atom is 0.263 e. The first kappa shape index (κ1) is 18.4. The number of nitrogens with one attached hydrogen (secondary N) is 2. The van der Waals surface area contributed by atoms with E-state index in [0.717, 1.165) is 6.42 Å². The summed E-state index contributed by atoms with van der Waals surface area (Å²) < 4.78 is 28.0. The predicted octanol–water partition coefficient (Wildman–Crippen LogP) is 4.29. The van der Waals surface area contributed by atoms with Crippen LogP contribution in [0.5, 0.6) is 0 Å². The largest absolute Gasteiger partial charge is 0.365 e. The minimum Gasteiger partial charge on any atom is -0.365 e. The zero-order valence-corrected chi connectivity index (χ0v) is 16.0. The van der Waals surface area contributed by atoms with Gasteiger partial charge in [-0.1, -0.05) is 36.7 Å². The predicted molar refractivity (Wildman–Crippen MR) is 105 cm³/mol. The van der Waals surface area contributed by atoms with Gasteiger partial charge in [-0.15, -0.1) is 0 Å². The van der Waals surface area contributed by atoms with E-state index in [-0.39, 0.29) is 16.8 Å². The van der Waals surface area contributed by atoms with Crippen molar-refractivity contribution in [2.75, 3.05) is 10.0 Å². The molecule has 136 valence electrons. The molecule has 0 saturated heterocycles. The molecular formula is C18H19ClN4O2S. The third-order valence-corrected chi connectivity index (χ3v) is 5.48. The lowest BCUT2D eigenvalue weighted by molar-refractivity contribution is 0.601. The minimum atomic E-state index is -3.85. The molecule has 26 heavy (non-hydrogen) atoms. The average Bonchev–Trinajstić information content (AvgIpc) is 2.61. The van der Waals surface area contributed by atoms with Gasteiger partial charge >= 0.3 is 0 Å². The van der Waals surface area contributed by atoms with Gasteiger partial charge in [0, 0.05) is 11.1 Å². The van der Waals surface area contributed by atoms with Gasteiger partial charge in [0.2, 0.25) is 0 Å². The maximum atomic E-state index is 12.7. The van der Waals surface area contributed by atoms with Crippen molar-refractivity contribution < 1.29 is 8.42 Å². The van der Waals surface area contributed by atoms with Gasteiger partial charge in [0.05, 0.1) is 15.9 Å². The number of fused-ring (bicyclic) bond motifs is 1. The molecule has 1 unspecified atom stereocenters. The van der Waals surface area contributed by atoms with Gasteiger partial charge in [-0.3, -0.25) is 4.72 Å². The van der Waals surface area contributed by atoms with Crippen molar-refractivity contribution in [3.8, 4) is 0 Å². The van der Waals surface area contributed by atoms with Crippen molar-refractivity contribution in [3.63, 3.8) is 0 Å². The number of hydrogen-bond donors (Lipinski definition) is 2. The molecule has 3 aromatic rings. The summed E-state index contributed by atoms with van der Waals surface area (Å²) in [6.45, 7) is 4.02. The lowest BCUT2D eigenvalue weighted by Crippen LogP contribution is -2.20. The molecule has 0 aliphatic heterocycles. The first-order valence-corrected chi connectivity index (χ1v) is 10.1. The monoisotopic (exact) mass is 390 g/mol. The second kappa shape index (κ2) is 7.47. The number of rotatable bonds is 6. The van der Waals surface area contributed by atoms with Crippen LogP contribution in [0.15, 0.2) is 53.4 Å². The molecule has 8 heteroatoms. The molecule has 0 saturated carbocycles. The molecule has 2 N–H and O–H groups in total. The first-order chi connectivity index (χ1) is 12.4. The van der Waals surface area contributed by atoms with Crippen molar-refractivity contribution in [3.05, 3.63) is 53.6 Å². The van der Waals surface area contributed by atoms with Crippen LogP contribution in [-0.4, -0.2) is 24.4 Å². The van der Waals surface area contributed by atoms with E-state index in [1.54, 1.807) is 18.2 Å². The zero-order chi connectivity index (χ0) is 18.7. The summed E-state index contributed by atoms with van der Waals surface area (Å²) in [5, 5.41) is 3.55. The highest BCUT2D eigenvalue weighted by molar-refractivity contribution is 7.92. The van der Waals surface area contributed by atoms with Crippen LogP contribution in [-0.2, 0) is 10.0 Å². The van der Waals surface area contributed by atoms with Crippen LogP contribution < -0.4 is 10.0 Å². The molecule has 1 atom stereocenters. The minimum absolute atomic E-state index is 0.0643. The average molecular weight is 391 g/mol. The number of nitrogens with zero attached hydrogens (tertiary/aromatic N) is 2. The summed E-state index contributed by atoms with van der Waals surface area (Å²) in [5.41, 5.74) is 1.29. The van der Waals surface area contributed by atoms with E-state index in [4.69, 9.17) is 11.6 Å². The second-order valence-electron chi connectivity index (χ2n) is 5.93. The fourth-order valence-corrected chi connectivity index (χ4v) is 3.64. The second-order valence-corrected chi connectivity index (χ2v) is 8.04. The quantitative estimate of drug-likeness (QED) is 0.655. The number of sulfonamides is 1. The van der Waals surface area contributed by atoms with E-state index in [1.165, 1.54) is 12.1 Å². The molecule has 0 aliphatic carbocycles. The number of halogens is 1. The highest BCUT2D eigenvalue weighted by atomic mass is 35.5. The summed E-state index contributed by atoms with van der Waals surface area (Å²) in [6, 6.07) is 13.5. The Balaban J connectivity index is 2.06. The molecule has 0 bridgehead atoms. The smallest absolute Gasteiger partial charge is 0.263 e. The first-order valence-electron chi connectivity index (χ1n) is 8.21. The van der Waals surface area contributed by atoms with E-state index < -0.39 is 10.0 Å². The van der Waals surface area contributed by atoms with Crippen LogP contribution in [0.25, 0.3) is 11.0 Å². The Hall–Kier alpha value is -2.38. The molecule has 1 aromatic heterocycles. The Morgan fingerprint density at radius 3 is 2.31 bits per heavy atom. The van der Waals surface area contributed by atoms with Crippen LogP contribution >= 0.6 is 11.6 Å². The van der Waals surface area contributed by atoms with Gasteiger partial charge in [-0.05, 0) is 43.7 Å². The van der Waals surface area contributed by atoms with Crippen molar-refractivity contribution in [1.29, 1.82) is 0 Å². The molecule has 1 heterocycles. The Labute approximate surface area is 157 Å². The third kappa shape index (κ3) is 4.05. The van der Waals surface area contributed by atoms with Crippen molar-refractivity contribution in [1.82, 2.24) is 9.97 Å². The van der Waals surface area contributed by atoms with Crippen LogP contribution in [0, 0.1) is 0 Å². The van der Waals surface area contributed by atoms with Gasteiger partial charge < -0.3 is 5.32 Å². The third-order valence-electron chi connectivity index (χ3n) is 3.90. The number of hydrogen-bond acceptors (Lipinski definition) is 5. The van der Waals surface area contributed by atoms with Crippen LogP contribution in [0.1, 0.15) is 20.3 Å². The molecule has 2 aromatic carbocycles. The van der Waals surface area contributed by atoms with E-state index in [0.29, 0.717) is 21.9 Å². The molecule has 0 fully saturated rings. The molecule has 3 rings (SSSR count). The standard InChI is InChI=1S/C18H19ClN4O2S/c1-3-12(2)20-17-18(22-16-10-5-4-9-15(16)21-17)23-26(24,25)14-8-6-7-13(19)11-14/h4-12H,3H2,1-2H3,(H,20,21)(H,22,23). The highest BCUT2D eigenvalue weighted by Crippen LogP contribution is 2.25. The number of aromatic nitrogens is 2. The summed E-state index contributed by atoms with van der Waals surface area (Å²) >= 11 is 5.92.